The van der Waals surface area contributed by atoms with Gasteiger partial charge >= 0.3 is 0 Å². The van der Waals surface area contributed by atoms with Crippen molar-refractivity contribution in [1.82, 2.24) is 5.32 Å². The zero-order valence-corrected chi connectivity index (χ0v) is 9.53. The molecular weight excluding hydrogens is 249 g/mol. The molecule has 0 aliphatic carbocycles. The molecule has 0 saturated carbocycles. The summed E-state index contributed by atoms with van der Waals surface area (Å²) in [6, 6.07) is 6.68. The number of hydrogen-bond donors (Lipinski definition) is 1. The Balaban J connectivity index is 2.25. The first-order valence-corrected chi connectivity index (χ1v) is 5.63. The Morgan fingerprint density at radius 1 is 1.46 bits per heavy atom. The fourth-order valence-corrected chi connectivity index (χ4v) is 2.13. The molecule has 3 heteroatoms. The molecule has 0 bridgehead atoms. The van der Waals surface area contributed by atoms with Crippen LogP contribution in [0.5, 0.6) is 0 Å². The van der Waals surface area contributed by atoms with Crippen LogP contribution in [0.1, 0.15) is 24.4 Å². The number of hydrogen-bond acceptors (Lipinski definition) is 1. The van der Waals surface area contributed by atoms with Crippen LogP contribution in [0.3, 0.4) is 0 Å². The van der Waals surface area contributed by atoms with Gasteiger partial charge in [-0.05, 0) is 53.0 Å². The second-order valence-electron chi connectivity index (χ2n) is 3.32. The zero-order chi connectivity index (χ0) is 9.26. The molecule has 0 spiro atoms. The van der Waals surface area contributed by atoms with Crippen LogP contribution in [-0.2, 0) is 0 Å². The smallest absolute Gasteiger partial charge is 0.0551 e. The Kier molecular flexibility index (Phi) is 2.92. The van der Waals surface area contributed by atoms with E-state index in [1.807, 2.05) is 12.1 Å². The summed E-state index contributed by atoms with van der Waals surface area (Å²) < 4.78 is 0.968. The molecule has 1 aliphatic heterocycles. The standard InChI is InChI=1S/C10H11BrClN/c11-8-4-3-7(6-9(8)12)10-2-1-5-13-10/h3-4,6,10,13H,1-2,5H2/t10-/m1/s1. The SMILES string of the molecule is Clc1cc([C@H]2CCCN2)ccc1Br. The van der Waals surface area contributed by atoms with Gasteiger partial charge in [0.1, 0.15) is 0 Å². The van der Waals surface area contributed by atoms with Crippen molar-refractivity contribution in [3.63, 3.8) is 0 Å². The normalized spacial score (nSPS) is 22.2. The van der Waals surface area contributed by atoms with Gasteiger partial charge in [0, 0.05) is 10.5 Å². The van der Waals surface area contributed by atoms with Gasteiger partial charge in [0.2, 0.25) is 0 Å². The topological polar surface area (TPSA) is 12.0 Å². The highest BCUT2D eigenvalue weighted by Gasteiger charge is 2.16. The van der Waals surface area contributed by atoms with E-state index in [1.165, 1.54) is 18.4 Å². The first-order chi connectivity index (χ1) is 6.27. The Morgan fingerprint density at radius 3 is 2.92 bits per heavy atom. The molecule has 1 N–H and O–H groups in total. The van der Waals surface area contributed by atoms with Gasteiger partial charge in [-0.15, -0.1) is 0 Å². The van der Waals surface area contributed by atoms with Crippen LogP contribution in [0.2, 0.25) is 5.02 Å². The number of benzene rings is 1. The zero-order valence-electron chi connectivity index (χ0n) is 7.19. The van der Waals surface area contributed by atoms with Crippen LogP contribution < -0.4 is 5.32 Å². The van der Waals surface area contributed by atoms with E-state index in [0.29, 0.717) is 6.04 Å². The lowest BCUT2D eigenvalue weighted by Crippen LogP contribution is -2.12. The summed E-state index contributed by atoms with van der Waals surface area (Å²) in [5, 5.41) is 4.24. The first-order valence-electron chi connectivity index (χ1n) is 4.46. The lowest BCUT2D eigenvalue weighted by atomic mass is 10.1. The quantitative estimate of drug-likeness (QED) is 0.814. The van der Waals surface area contributed by atoms with Crippen molar-refractivity contribution >= 4 is 27.5 Å². The second kappa shape index (κ2) is 3.99. The van der Waals surface area contributed by atoms with Gasteiger partial charge in [-0.3, -0.25) is 0 Å². The third-order valence-corrected chi connectivity index (χ3v) is 3.64. The molecule has 0 radical (unpaired) electrons. The molecular formula is C10H11BrClN. The van der Waals surface area contributed by atoms with Crippen molar-refractivity contribution < 1.29 is 0 Å². The van der Waals surface area contributed by atoms with E-state index in [9.17, 15) is 0 Å². The van der Waals surface area contributed by atoms with Crippen molar-refractivity contribution in [3.05, 3.63) is 33.3 Å². The molecule has 1 saturated heterocycles. The molecule has 13 heavy (non-hydrogen) atoms. The Bertz CT molecular complexity index is 308. The first kappa shape index (κ1) is 9.50. The average molecular weight is 261 g/mol. The molecule has 0 unspecified atom stereocenters. The Labute approximate surface area is 91.6 Å². The minimum absolute atomic E-state index is 0.505. The maximum absolute atomic E-state index is 6.02. The fourth-order valence-electron chi connectivity index (χ4n) is 1.70. The average Bonchev–Trinajstić information content (AvgIpc) is 2.62. The molecule has 1 heterocycles. The number of halogens is 2. The maximum Gasteiger partial charge on any atom is 0.0551 e. The second-order valence-corrected chi connectivity index (χ2v) is 4.58. The van der Waals surface area contributed by atoms with Crippen molar-refractivity contribution in [2.75, 3.05) is 6.54 Å². The van der Waals surface area contributed by atoms with E-state index in [0.717, 1.165) is 16.0 Å². The van der Waals surface area contributed by atoms with Gasteiger partial charge in [0.25, 0.3) is 0 Å². The van der Waals surface area contributed by atoms with Crippen molar-refractivity contribution in [3.8, 4) is 0 Å². The van der Waals surface area contributed by atoms with Crippen molar-refractivity contribution in [2.24, 2.45) is 0 Å². The minimum atomic E-state index is 0.505. The summed E-state index contributed by atoms with van der Waals surface area (Å²) in [6.45, 7) is 1.12. The van der Waals surface area contributed by atoms with Crippen LogP contribution in [0.4, 0.5) is 0 Å². The summed E-state index contributed by atoms with van der Waals surface area (Å²) in [5.74, 6) is 0. The predicted octanol–water partition coefficient (Wildman–Crippen LogP) is 3.53. The highest BCUT2D eigenvalue weighted by Crippen LogP contribution is 2.29. The van der Waals surface area contributed by atoms with Crippen LogP contribution in [0.25, 0.3) is 0 Å². The maximum atomic E-state index is 6.02. The molecule has 1 aromatic rings. The highest BCUT2D eigenvalue weighted by atomic mass is 79.9. The molecule has 0 aromatic heterocycles. The van der Waals surface area contributed by atoms with Crippen LogP contribution >= 0.6 is 27.5 Å². The summed E-state index contributed by atoms with van der Waals surface area (Å²) in [7, 11) is 0. The van der Waals surface area contributed by atoms with Gasteiger partial charge in [0.05, 0.1) is 5.02 Å². The Hall–Kier alpha value is -0.0500. The number of rotatable bonds is 1. The van der Waals surface area contributed by atoms with Crippen LogP contribution in [-0.4, -0.2) is 6.54 Å². The molecule has 1 fully saturated rings. The van der Waals surface area contributed by atoms with E-state index in [2.05, 4.69) is 27.3 Å². The van der Waals surface area contributed by atoms with Crippen LogP contribution in [0.15, 0.2) is 22.7 Å². The van der Waals surface area contributed by atoms with Crippen LogP contribution in [0, 0.1) is 0 Å². The highest BCUT2D eigenvalue weighted by molar-refractivity contribution is 9.10. The summed E-state index contributed by atoms with van der Waals surface area (Å²) in [5.41, 5.74) is 1.30. The van der Waals surface area contributed by atoms with Gasteiger partial charge in [-0.1, -0.05) is 17.7 Å². The third kappa shape index (κ3) is 2.06. The largest absolute Gasteiger partial charge is 0.310 e. The molecule has 1 aliphatic rings. The molecule has 1 atom stereocenters. The monoisotopic (exact) mass is 259 g/mol. The van der Waals surface area contributed by atoms with Gasteiger partial charge < -0.3 is 5.32 Å². The summed E-state index contributed by atoms with van der Waals surface area (Å²) >= 11 is 9.40. The predicted molar refractivity (Wildman–Crippen MR) is 59.1 cm³/mol. The molecule has 1 nitrogen and oxygen atoms in total. The van der Waals surface area contributed by atoms with E-state index in [4.69, 9.17) is 11.6 Å². The molecule has 1 aromatic carbocycles. The molecule has 2 rings (SSSR count). The fraction of sp³-hybridized carbons (Fsp3) is 0.400. The van der Waals surface area contributed by atoms with E-state index >= 15 is 0 Å². The van der Waals surface area contributed by atoms with E-state index in [-0.39, 0.29) is 0 Å². The lowest BCUT2D eigenvalue weighted by Gasteiger charge is -2.10. The Morgan fingerprint density at radius 2 is 2.31 bits per heavy atom. The third-order valence-electron chi connectivity index (χ3n) is 2.41. The van der Waals surface area contributed by atoms with Gasteiger partial charge in [0.15, 0.2) is 0 Å². The van der Waals surface area contributed by atoms with E-state index < -0.39 is 0 Å². The molecule has 0 amide bonds. The molecule has 70 valence electrons. The lowest BCUT2D eigenvalue weighted by molar-refractivity contribution is 0.648. The van der Waals surface area contributed by atoms with Gasteiger partial charge in [-0.25, -0.2) is 0 Å². The minimum Gasteiger partial charge on any atom is -0.310 e. The van der Waals surface area contributed by atoms with Crippen molar-refractivity contribution in [1.29, 1.82) is 0 Å². The summed E-state index contributed by atoms with van der Waals surface area (Å²) in [6.07, 6.45) is 2.48. The van der Waals surface area contributed by atoms with E-state index in [1.54, 1.807) is 0 Å². The van der Waals surface area contributed by atoms with Gasteiger partial charge in [-0.2, -0.15) is 0 Å². The van der Waals surface area contributed by atoms with Crippen molar-refractivity contribution in [2.45, 2.75) is 18.9 Å². The number of nitrogens with one attached hydrogen (secondary N) is 1. The summed E-state index contributed by atoms with van der Waals surface area (Å²) in [4.78, 5) is 0.